The van der Waals surface area contributed by atoms with Gasteiger partial charge in [-0.25, -0.2) is 0 Å². The summed E-state index contributed by atoms with van der Waals surface area (Å²) in [5.74, 6) is 0. The summed E-state index contributed by atoms with van der Waals surface area (Å²) in [6.45, 7) is 6.06. The second kappa shape index (κ2) is 10.4. The third-order valence-corrected chi connectivity index (χ3v) is 5.59. The molecular weight excluding hydrogens is 185 g/mol. The Morgan fingerprint density at radius 2 is 1.91 bits per heavy atom. The minimum absolute atomic E-state index is 0.00755. The van der Waals surface area contributed by atoms with Gasteiger partial charge in [0.1, 0.15) is 0 Å². The van der Waals surface area contributed by atoms with E-state index in [2.05, 4.69) is 13.5 Å². The van der Waals surface area contributed by atoms with E-state index in [1.165, 1.54) is 32.1 Å². The van der Waals surface area contributed by atoms with Crippen LogP contribution in [0.15, 0.2) is 12.7 Å². The number of rotatable bonds is 8. The van der Waals surface area contributed by atoms with Crippen LogP contribution < -0.4 is 0 Å². The first kappa shape index (κ1) is 11.4. The van der Waals surface area contributed by atoms with E-state index in [0.717, 1.165) is 0 Å². The molecule has 0 bridgehead atoms. The summed E-state index contributed by atoms with van der Waals surface area (Å²) in [7, 11) is 0. The van der Waals surface area contributed by atoms with Crippen molar-refractivity contribution >= 4 is 0 Å². The van der Waals surface area contributed by atoms with E-state index in [1.807, 2.05) is 6.08 Å². The zero-order chi connectivity index (χ0) is 8.36. The molecule has 0 nitrogen and oxygen atoms in total. The molecule has 0 aliphatic rings. The van der Waals surface area contributed by atoms with Crippen molar-refractivity contribution in [2.45, 2.75) is 49.1 Å². The Morgan fingerprint density at radius 3 is 2.55 bits per heavy atom. The van der Waals surface area contributed by atoms with Gasteiger partial charge < -0.3 is 0 Å². The Hall–Kier alpha value is 0.363. The van der Waals surface area contributed by atoms with E-state index in [0.29, 0.717) is 0 Å². The molecule has 0 N–H and O–H groups in total. The van der Waals surface area contributed by atoms with E-state index in [4.69, 9.17) is 0 Å². The van der Waals surface area contributed by atoms with E-state index in [-0.39, 0.29) is 17.1 Å². The molecule has 11 heavy (non-hydrogen) atoms. The van der Waals surface area contributed by atoms with Crippen LogP contribution in [0.3, 0.4) is 0 Å². The molecule has 0 atom stereocenters. The van der Waals surface area contributed by atoms with Gasteiger partial charge in [-0.15, -0.1) is 0 Å². The normalized spacial score (nSPS) is 9.18. The van der Waals surface area contributed by atoms with Crippen molar-refractivity contribution in [2.75, 3.05) is 0 Å². The summed E-state index contributed by atoms with van der Waals surface area (Å²) in [6.07, 6.45) is 9.03. The third kappa shape index (κ3) is 10.4. The molecule has 0 aromatic heterocycles. The van der Waals surface area contributed by atoms with Gasteiger partial charge in [0.05, 0.1) is 0 Å². The van der Waals surface area contributed by atoms with Gasteiger partial charge >= 0.3 is 78.8 Å². The van der Waals surface area contributed by atoms with E-state index < -0.39 is 0 Å². The van der Waals surface area contributed by atoms with Gasteiger partial charge in [-0.05, 0) is 0 Å². The molecule has 0 rings (SSSR count). The Balaban J connectivity index is 2.74. The van der Waals surface area contributed by atoms with Crippen LogP contribution in [0, 0.1) is 0 Å². The first-order valence-electron chi connectivity index (χ1n) is 5.02. The van der Waals surface area contributed by atoms with Crippen molar-refractivity contribution in [3.8, 4) is 0 Å². The van der Waals surface area contributed by atoms with Gasteiger partial charge in [-0.2, -0.15) is 0 Å². The summed E-state index contributed by atoms with van der Waals surface area (Å²) in [5, 5.41) is 3.16. The first-order valence-corrected chi connectivity index (χ1v) is 9.22. The Kier molecular flexibility index (Phi) is 10.7. The molecule has 0 aromatic carbocycles. The first-order chi connectivity index (χ1) is 5.41. The van der Waals surface area contributed by atoms with Crippen LogP contribution in [0.4, 0.5) is 0 Å². The van der Waals surface area contributed by atoms with Gasteiger partial charge in [-0.1, -0.05) is 0 Å². The fourth-order valence-electron chi connectivity index (χ4n) is 1.25. The summed E-state index contributed by atoms with van der Waals surface area (Å²) in [4.78, 5) is 0. The van der Waals surface area contributed by atoms with Gasteiger partial charge in [-0.3, -0.25) is 0 Å². The van der Waals surface area contributed by atoms with Crippen molar-refractivity contribution < 1.29 is 17.1 Å². The van der Waals surface area contributed by atoms with Crippen molar-refractivity contribution in [1.29, 1.82) is 0 Å². The zero-order valence-electron chi connectivity index (χ0n) is 7.94. The van der Waals surface area contributed by atoms with Crippen molar-refractivity contribution in [3.63, 3.8) is 0 Å². The van der Waals surface area contributed by atoms with E-state index in [1.54, 1.807) is 10.0 Å². The molecule has 0 heterocycles. The molecule has 1 heteroatoms. The monoisotopic (exact) mass is 204 g/mol. The van der Waals surface area contributed by atoms with Crippen LogP contribution in [-0.2, 0) is 17.1 Å². The van der Waals surface area contributed by atoms with Gasteiger partial charge in [0.25, 0.3) is 0 Å². The standard InChI is InChI=1S/C8H15.C2H5.Zn/c1-3-5-7-8-6-4-2;1-2;/h3H,1-2,4-8H2;1H2,2H3;. The molecule has 0 saturated heterocycles. The molecular formula is C10H20Zn. The fraction of sp³-hybridized carbons (Fsp3) is 0.800. The van der Waals surface area contributed by atoms with Crippen molar-refractivity contribution in [2.24, 2.45) is 0 Å². The summed E-state index contributed by atoms with van der Waals surface area (Å²) in [6, 6.07) is 0. The Morgan fingerprint density at radius 1 is 1.18 bits per heavy atom. The third-order valence-electron chi connectivity index (χ3n) is 2.01. The van der Waals surface area contributed by atoms with Crippen LogP contribution >= 0.6 is 0 Å². The summed E-state index contributed by atoms with van der Waals surface area (Å²) in [5.41, 5.74) is 0. The van der Waals surface area contributed by atoms with Gasteiger partial charge in [0.2, 0.25) is 0 Å². The second-order valence-corrected chi connectivity index (χ2v) is 8.26. The number of unbranched alkanes of at least 4 members (excludes halogenated alkanes) is 4. The van der Waals surface area contributed by atoms with Crippen LogP contribution in [-0.4, -0.2) is 0 Å². The topological polar surface area (TPSA) is 0 Å². The van der Waals surface area contributed by atoms with Crippen molar-refractivity contribution in [3.05, 3.63) is 12.7 Å². The van der Waals surface area contributed by atoms with E-state index >= 15 is 0 Å². The maximum absolute atomic E-state index is 3.72. The SMILES string of the molecule is C=CCCCCC[CH2][Zn][CH2]C. The summed E-state index contributed by atoms with van der Waals surface area (Å²) >= 11 is -0.00755. The van der Waals surface area contributed by atoms with Crippen molar-refractivity contribution in [1.82, 2.24) is 0 Å². The molecule has 0 spiro atoms. The molecule has 0 aliphatic heterocycles. The zero-order valence-corrected chi connectivity index (χ0v) is 10.9. The average molecular weight is 206 g/mol. The minimum atomic E-state index is -0.00755. The molecule has 0 unspecified atom stereocenters. The predicted octanol–water partition coefficient (Wildman–Crippen LogP) is 4.06. The molecule has 0 aromatic rings. The molecule has 0 aliphatic carbocycles. The van der Waals surface area contributed by atoms with Crippen LogP contribution in [0.25, 0.3) is 0 Å². The number of hydrogen-bond acceptors (Lipinski definition) is 0. The molecule has 0 saturated carbocycles. The molecule has 0 amide bonds. The number of hydrogen-bond donors (Lipinski definition) is 0. The van der Waals surface area contributed by atoms with Gasteiger partial charge in [0, 0.05) is 0 Å². The predicted molar refractivity (Wildman–Crippen MR) is 48.6 cm³/mol. The fourth-order valence-corrected chi connectivity index (χ4v) is 3.78. The Bertz CT molecular complexity index is 78.9. The number of allylic oxidation sites excluding steroid dienone is 1. The molecule has 0 radical (unpaired) electrons. The molecule has 0 fully saturated rings. The maximum atomic E-state index is 3.72. The van der Waals surface area contributed by atoms with Crippen LogP contribution in [0.2, 0.25) is 10.0 Å². The summed E-state index contributed by atoms with van der Waals surface area (Å²) < 4.78 is 0. The van der Waals surface area contributed by atoms with Crippen LogP contribution in [0.5, 0.6) is 0 Å². The van der Waals surface area contributed by atoms with E-state index in [9.17, 15) is 0 Å². The Labute approximate surface area is 79.1 Å². The van der Waals surface area contributed by atoms with Crippen LogP contribution in [0.1, 0.15) is 39.0 Å². The quantitative estimate of drug-likeness (QED) is 0.319. The second-order valence-electron chi connectivity index (χ2n) is 3.20. The molecule has 62 valence electrons. The van der Waals surface area contributed by atoms with Gasteiger partial charge in [0.15, 0.2) is 0 Å². The average Bonchev–Trinajstić information content (AvgIpc) is 2.03.